The quantitative estimate of drug-likeness (QED) is 0.538. The molecule has 3 heteroatoms. The lowest BCUT2D eigenvalue weighted by atomic mass is 10.3. The van der Waals surface area contributed by atoms with Crippen LogP contribution in [0.15, 0.2) is 12.1 Å². The number of aromatic nitrogens is 1. The molecule has 2 N–H and O–H groups in total. The van der Waals surface area contributed by atoms with Gasteiger partial charge in [0.15, 0.2) is 5.69 Å². The van der Waals surface area contributed by atoms with E-state index >= 15 is 0 Å². The van der Waals surface area contributed by atoms with E-state index in [0.717, 1.165) is 0 Å². The van der Waals surface area contributed by atoms with Crippen molar-refractivity contribution >= 4 is 5.69 Å². The third kappa shape index (κ3) is 1.28. The molecule has 1 aromatic heterocycles. The lowest BCUT2D eigenvalue weighted by molar-refractivity contribution is 1.24. The molecule has 11 heavy (non-hydrogen) atoms. The summed E-state index contributed by atoms with van der Waals surface area (Å²) >= 11 is 0. The minimum absolute atomic E-state index is 0.181. The zero-order valence-electron chi connectivity index (χ0n) is 5.70. The Balaban J connectivity index is 3.29. The van der Waals surface area contributed by atoms with E-state index in [-0.39, 0.29) is 5.69 Å². The Labute approximate surface area is 64.5 Å². The van der Waals surface area contributed by atoms with Crippen LogP contribution in [0.25, 0.3) is 0 Å². The van der Waals surface area contributed by atoms with Gasteiger partial charge in [-0.2, -0.15) is 5.26 Å². The van der Waals surface area contributed by atoms with Gasteiger partial charge in [-0.25, -0.2) is 4.98 Å². The minimum atomic E-state index is 0.181. The molecule has 0 amide bonds. The van der Waals surface area contributed by atoms with Crippen LogP contribution in [-0.4, -0.2) is 4.98 Å². The average molecular weight is 143 g/mol. The number of nitrogens with two attached hydrogens (primary N) is 1. The van der Waals surface area contributed by atoms with Crippen molar-refractivity contribution in [2.45, 2.75) is 0 Å². The van der Waals surface area contributed by atoms with Crippen molar-refractivity contribution < 1.29 is 0 Å². The molecule has 3 nitrogen and oxygen atoms in total. The highest BCUT2D eigenvalue weighted by Gasteiger charge is 1.98. The summed E-state index contributed by atoms with van der Waals surface area (Å²) in [7, 11) is 0. The first-order valence-electron chi connectivity index (χ1n) is 2.91. The summed E-state index contributed by atoms with van der Waals surface area (Å²) in [6.07, 6.45) is 5.06. The molecule has 0 saturated heterocycles. The molecule has 1 aromatic rings. The molecule has 0 saturated carbocycles. The third-order valence-electron chi connectivity index (χ3n) is 1.18. The van der Waals surface area contributed by atoms with Crippen molar-refractivity contribution in [1.82, 2.24) is 4.98 Å². The van der Waals surface area contributed by atoms with Crippen molar-refractivity contribution in [3.63, 3.8) is 0 Å². The van der Waals surface area contributed by atoms with Crippen LogP contribution in [0, 0.1) is 23.7 Å². The predicted molar refractivity (Wildman–Crippen MR) is 41.3 cm³/mol. The molecule has 0 aromatic carbocycles. The number of pyridine rings is 1. The highest BCUT2D eigenvalue weighted by Crippen LogP contribution is 2.06. The topological polar surface area (TPSA) is 62.7 Å². The van der Waals surface area contributed by atoms with Gasteiger partial charge in [0.1, 0.15) is 11.8 Å². The van der Waals surface area contributed by atoms with Crippen LogP contribution in [0.1, 0.15) is 11.4 Å². The summed E-state index contributed by atoms with van der Waals surface area (Å²) in [6.45, 7) is 0. The van der Waals surface area contributed by atoms with Crippen LogP contribution in [0.2, 0.25) is 0 Å². The van der Waals surface area contributed by atoms with Crippen LogP contribution >= 0.6 is 0 Å². The number of hydrogen-bond donors (Lipinski definition) is 1. The SMILES string of the molecule is C#Cc1ccc(N)c(C#N)n1. The summed E-state index contributed by atoms with van der Waals surface area (Å²) in [6, 6.07) is 5.00. The fourth-order valence-corrected chi connectivity index (χ4v) is 0.640. The normalized spacial score (nSPS) is 8.18. The fourth-order valence-electron chi connectivity index (χ4n) is 0.640. The molecule has 0 radical (unpaired) electrons. The van der Waals surface area contributed by atoms with Crippen LogP contribution in [-0.2, 0) is 0 Å². The molecule has 0 aliphatic rings. The van der Waals surface area contributed by atoms with Gasteiger partial charge in [-0.15, -0.1) is 6.42 Å². The van der Waals surface area contributed by atoms with Gasteiger partial charge < -0.3 is 5.73 Å². The molecule has 0 aliphatic heterocycles. The number of nitriles is 1. The molecule has 0 spiro atoms. The van der Waals surface area contributed by atoms with Gasteiger partial charge in [-0.1, -0.05) is 5.92 Å². The smallest absolute Gasteiger partial charge is 0.164 e. The van der Waals surface area contributed by atoms with Crippen molar-refractivity contribution in [2.24, 2.45) is 0 Å². The molecule has 0 fully saturated rings. The van der Waals surface area contributed by atoms with E-state index in [1.165, 1.54) is 0 Å². The van der Waals surface area contributed by atoms with E-state index in [4.69, 9.17) is 17.4 Å². The van der Waals surface area contributed by atoms with Gasteiger partial charge in [0, 0.05) is 0 Å². The Morgan fingerprint density at radius 3 is 2.82 bits per heavy atom. The summed E-state index contributed by atoms with van der Waals surface area (Å²) < 4.78 is 0. The van der Waals surface area contributed by atoms with Crippen LogP contribution in [0.4, 0.5) is 5.69 Å². The Morgan fingerprint density at radius 1 is 1.55 bits per heavy atom. The minimum Gasteiger partial charge on any atom is -0.396 e. The fraction of sp³-hybridized carbons (Fsp3) is 0. The van der Waals surface area contributed by atoms with Crippen molar-refractivity contribution in [3.05, 3.63) is 23.5 Å². The van der Waals surface area contributed by atoms with E-state index in [2.05, 4.69) is 10.9 Å². The van der Waals surface area contributed by atoms with Crippen molar-refractivity contribution in [3.8, 4) is 18.4 Å². The van der Waals surface area contributed by atoms with Crippen LogP contribution in [0.3, 0.4) is 0 Å². The second kappa shape index (κ2) is 2.72. The summed E-state index contributed by atoms with van der Waals surface area (Å²) in [5.74, 6) is 2.31. The highest BCUT2D eigenvalue weighted by molar-refractivity contribution is 5.51. The molecule has 1 heterocycles. The van der Waals surface area contributed by atoms with Crippen molar-refractivity contribution in [2.75, 3.05) is 5.73 Å². The molecule has 0 atom stereocenters. The largest absolute Gasteiger partial charge is 0.396 e. The lowest BCUT2D eigenvalue weighted by Crippen LogP contribution is -1.94. The summed E-state index contributed by atoms with van der Waals surface area (Å²) in [4.78, 5) is 3.79. The number of nitrogen functional groups attached to an aromatic ring is 1. The van der Waals surface area contributed by atoms with Gasteiger partial charge >= 0.3 is 0 Å². The maximum atomic E-state index is 8.48. The van der Waals surface area contributed by atoms with Crippen molar-refractivity contribution in [1.29, 1.82) is 5.26 Å². The first-order valence-corrected chi connectivity index (χ1v) is 2.91. The Bertz CT molecular complexity index is 355. The van der Waals surface area contributed by atoms with E-state index < -0.39 is 0 Å². The van der Waals surface area contributed by atoms with E-state index in [1.807, 2.05) is 6.07 Å². The highest BCUT2D eigenvalue weighted by atomic mass is 14.7. The predicted octanol–water partition coefficient (Wildman–Crippen LogP) is 0.517. The Morgan fingerprint density at radius 2 is 2.27 bits per heavy atom. The van der Waals surface area contributed by atoms with E-state index in [0.29, 0.717) is 11.4 Å². The van der Waals surface area contributed by atoms with Crippen LogP contribution in [0.5, 0.6) is 0 Å². The summed E-state index contributed by atoms with van der Waals surface area (Å²) in [5.41, 5.74) is 6.36. The van der Waals surface area contributed by atoms with Gasteiger partial charge in [-0.3, -0.25) is 0 Å². The second-order valence-electron chi connectivity index (χ2n) is 1.89. The van der Waals surface area contributed by atoms with Gasteiger partial charge in [0.05, 0.1) is 5.69 Å². The lowest BCUT2D eigenvalue weighted by Gasteiger charge is -1.94. The van der Waals surface area contributed by atoms with E-state index in [9.17, 15) is 0 Å². The number of rotatable bonds is 0. The number of hydrogen-bond acceptors (Lipinski definition) is 3. The Kier molecular flexibility index (Phi) is 1.76. The Hall–Kier alpha value is -2.00. The molecule has 1 rings (SSSR count). The van der Waals surface area contributed by atoms with Gasteiger partial charge in [0.25, 0.3) is 0 Å². The maximum Gasteiger partial charge on any atom is 0.164 e. The molecule has 0 bridgehead atoms. The average Bonchev–Trinajstić information content (AvgIpc) is 2.05. The second-order valence-corrected chi connectivity index (χ2v) is 1.89. The molecule has 0 aliphatic carbocycles. The summed E-state index contributed by atoms with van der Waals surface area (Å²) in [5, 5.41) is 8.48. The van der Waals surface area contributed by atoms with E-state index in [1.54, 1.807) is 12.1 Å². The first-order chi connectivity index (χ1) is 5.27. The van der Waals surface area contributed by atoms with Gasteiger partial charge in [-0.05, 0) is 12.1 Å². The maximum absolute atomic E-state index is 8.48. The zero-order chi connectivity index (χ0) is 8.27. The number of anilines is 1. The number of terminal acetylenes is 1. The molecule has 0 unspecified atom stereocenters. The molecular weight excluding hydrogens is 138 g/mol. The number of nitrogens with zero attached hydrogens (tertiary/aromatic N) is 2. The molecular formula is C8H5N3. The first kappa shape index (κ1) is 7.11. The zero-order valence-corrected chi connectivity index (χ0v) is 5.70. The van der Waals surface area contributed by atoms with Crippen LogP contribution < -0.4 is 5.73 Å². The molecule has 52 valence electrons. The third-order valence-corrected chi connectivity index (χ3v) is 1.18. The standard InChI is InChI=1S/C8H5N3/c1-2-6-3-4-7(10)8(5-9)11-6/h1,3-4H,10H2. The monoisotopic (exact) mass is 143 g/mol. The van der Waals surface area contributed by atoms with Gasteiger partial charge in [0.2, 0.25) is 0 Å².